The number of likely N-dealkylation sites (N-methyl/N-ethyl adjacent to an activating group) is 1. The van der Waals surface area contributed by atoms with Crippen LogP contribution in [0.15, 0.2) is 60.0 Å². The number of hydrogen-bond acceptors (Lipinski definition) is 8. The van der Waals surface area contributed by atoms with Crippen LogP contribution < -0.4 is 15.2 Å². The third-order valence-corrected chi connectivity index (χ3v) is 6.66. The van der Waals surface area contributed by atoms with Crippen LogP contribution >= 0.6 is 0 Å². The van der Waals surface area contributed by atoms with E-state index in [9.17, 15) is 0 Å². The number of benzene rings is 1. The number of pyridine rings is 1. The van der Waals surface area contributed by atoms with Crippen molar-refractivity contribution in [2.45, 2.75) is 12.8 Å². The van der Waals surface area contributed by atoms with Crippen molar-refractivity contribution in [3.63, 3.8) is 0 Å². The molecule has 1 saturated heterocycles. The van der Waals surface area contributed by atoms with E-state index in [1.54, 1.807) is 12.4 Å². The summed E-state index contributed by atoms with van der Waals surface area (Å²) in [6.45, 7) is 6.29. The second kappa shape index (κ2) is 8.99. The van der Waals surface area contributed by atoms with Crippen molar-refractivity contribution in [2.75, 3.05) is 55.1 Å². The van der Waals surface area contributed by atoms with Crippen LogP contribution in [0.5, 0.6) is 0 Å². The molecule has 1 unspecified atom stereocenters. The van der Waals surface area contributed by atoms with Gasteiger partial charge in [0, 0.05) is 68.4 Å². The van der Waals surface area contributed by atoms with E-state index in [0.29, 0.717) is 24.9 Å². The maximum atomic E-state index is 5.56. The number of nitrogens with one attached hydrogen (secondary N) is 1. The summed E-state index contributed by atoms with van der Waals surface area (Å²) >= 11 is 0. The van der Waals surface area contributed by atoms with Gasteiger partial charge in [0.2, 0.25) is 0 Å². The summed E-state index contributed by atoms with van der Waals surface area (Å²) in [5.41, 5.74) is 9.47. The number of morpholine rings is 1. The van der Waals surface area contributed by atoms with Crippen LogP contribution in [0.3, 0.4) is 0 Å². The Kier molecular flexibility index (Phi) is 5.54. The van der Waals surface area contributed by atoms with Gasteiger partial charge in [0.25, 0.3) is 0 Å². The van der Waals surface area contributed by atoms with E-state index in [4.69, 9.17) is 14.8 Å². The number of hydrazone groups is 1. The van der Waals surface area contributed by atoms with Gasteiger partial charge in [-0.25, -0.2) is 4.98 Å². The molecule has 0 amide bonds. The molecule has 0 spiro atoms. The van der Waals surface area contributed by atoms with E-state index >= 15 is 0 Å². The standard InChI is InChI=1S/C26H28N8O/c1-18-17-32(2)23-13-19(3-4-21(18)23)16-28-30-24-15-26(33-9-11-35-12-10-33)34-25(29-24)14-22(31-34)20-5-7-27-8-6-20/h3-8,13-16,18H,9-12,17H2,1-2H3,(H,29,30)/b28-16+. The van der Waals surface area contributed by atoms with Crippen molar-refractivity contribution in [1.29, 1.82) is 0 Å². The first-order valence-electron chi connectivity index (χ1n) is 11.9. The molecule has 178 valence electrons. The molecule has 5 heterocycles. The third-order valence-electron chi connectivity index (χ3n) is 6.66. The highest BCUT2D eigenvalue weighted by Gasteiger charge is 2.22. The van der Waals surface area contributed by atoms with Gasteiger partial charge in [-0.15, -0.1) is 0 Å². The number of ether oxygens (including phenoxy) is 1. The predicted molar refractivity (Wildman–Crippen MR) is 139 cm³/mol. The molecule has 0 bridgehead atoms. The zero-order valence-corrected chi connectivity index (χ0v) is 19.9. The van der Waals surface area contributed by atoms with Crippen LogP contribution in [0, 0.1) is 0 Å². The topological polar surface area (TPSA) is 83.2 Å². The molecule has 1 aromatic carbocycles. The summed E-state index contributed by atoms with van der Waals surface area (Å²) in [6.07, 6.45) is 5.39. The molecule has 1 fully saturated rings. The third kappa shape index (κ3) is 4.19. The van der Waals surface area contributed by atoms with Gasteiger partial charge in [0.15, 0.2) is 11.5 Å². The van der Waals surface area contributed by atoms with Crippen molar-refractivity contribution in [2.24, 2.45) is 5.10 Å². The predicted octanol–water partition coefficient (Wildman–Crippen LogP) is 3.63. The second-order valence-corrected chi connectivity index (χ2v) is 9.10. The molecule has 1 atom stereocenters. The van der Waals surface area contributed by atoms with Gasteiger partial charge in [-0.3, -0.25) is 10.4 Å². The fourth-order valence-corrected chi connectivity index (χ4v) is 4.87. The van der Waals surface area contributed by atoms with E-state index in [-0.39, 0.29) is 0 Å². The Hall–Kier alpha value is -3.98. The van der Waals surface area contributed by atoms with Crippen LogP contribution in [-0.2, 0) is 4.74 Å². The molecular formula is C26H28N8O. The molecule has 0 radical (unpaired) electrons. The fourth-order valence-electron chi connectivity index (χ4n) is 4.87. The maximum absolute atomic E-state index is 5.56. The molecule has 0 aliphatic carbocycles. The monoisotopic (exact) mass is 468 g/mol. The van der Waals surface area contributed by atoms with E-state index in [0.717, 1.165) is 47.9 Å². The van der Waals surface area contributed by atoms with E-state index in [1.807, 2.05) is 35.0 Å². The van der Waals surface area contributed by atoms with Gasteiger partial charge in [0.05, 0.1) is 25.1 Å². The number of aromatic nitrogens is 4. The molecule has 2 aliphatic heterocycles. The van der Waals surface area contributed by atoms with Crippen LogP contribution in [0.1, 0.15) is 24.0 Å². The van der Waals surface area contributed by atoms with E-state index in [2.05, 4.69) is 57.5 Å². The molecular weight excluding hydrogens is 440 g/mol. The minimum absolute atomic E-state index is 0.557. The molecule has 4 aromatic rings. The average molecular weight is 469 g/mol. The van der Waals surface area contributed by atoms with Crippen LogP contribution in [0.4, 0.5) is 17.3 Å². The highest BCUT2D eigenvalue weighted by atomic mass is 16.5. The second-order valence-electron chi connectivity index (χ2n) is 9.10. The lowest BCUT2D eigenvalue weighted by Crippen LogP contribution is -2.37. The largest absolute Gasteiger partial charge is 0.378 e. The zero-order chi connectivity index (χ0) is 23.8. The Balaban J connectivity index is 1.31. The first-order valence-corrected chi connectivity index (χ1v) is 11.9. The smallest absolute Gasteiger partial charge is 0.160 e. The van der Waals surface area contributed by atoms with Gasteiger partial charge >= 0.3 is 0 Å². The molecule has 1 N–H and O–H groups in total. The lowest BCUT2D eigenvalue weighted by Gasteiger charge is -2.29. The molecule has 9 heteroatoms. The first-order chi connectivity index (χ1) is 17.2. The van der Waals surface area contributed by atoms with Gasteiger partial charge < -0.3 is 14.5 Å². The Labute approximate surface area is 204 Å². The number of fused-ring (bicyclic) bond motifs is 2. The maximum Gasteiger partial charge on any atom is 0.160 e. The first kappa shape index (κ1) is 21.5. The van der Waals surface area contributed by atoms with Crippen molar-refractivity contribution >= 4 is 29.2 Å². The molecule has 6 rings (SSSR count). The Morgan fingerprint density at radius 1 is 1.09 bits per heavy atom. The molecule has 35 heavy (non-hydrogen) atoms. The highest BCUT2D eigenvalue weighted by molar-refractivity contribution is 5.83. The average Bonchev–Trinajstić information content (AvgIpc) is 3.45. The van der Waals surface area contributed by atoms with Crippen LogP contribution in [0.25, 0.3) is 16.9 Å². The summed E-state index contributed by atoms with van der Waals surface area (Å²) in [6, 6.07) is 14.4. The Morgan fingerprint density at radius 3 is 2.74 bits per heavy atom. The van der Waals surface area contributed by atoms with Crippen molar-refractivity contribution in [1.82, 2.24) is 19.6 Å². The van der Waals surface area contributed by atoms with E-state index < -0.39 is 0 Å². The summed E-state index contributed by atoms with van der Waals surface area (Å²) in [5, 5.41) is 9.35. The van der Waals surface area contributed by atoms with Gasteiger partial charge in [-0.05, 0) is 29.3 Å². The lowest BCUT2D eigenvalue weighted by atomic mass is 10.0. The summed E-state index contributed by atoms with van der Waals surface area (Å²) in [4.78, 5) is 13.5. The van der Waals surface area contributed by atoms with Crippen LogP contribution in [0.2, 0.25) is 0 Å². The zero-order valence-electron chi connectivity index (χ0n) is 19.9. The SMILES string of the molecule is CC1CN(C)c2cc(/C=N/Nc3cc(N4CCOCC4)n4nc(-c5ccncc5)cc4n3)ccc21. The summed E-state index contributed by atoms with van der Waals surface area (Å²) in [7, 11) is 2.14. The lowest BCUT2D eigenvalue weighted by molar-refractivity contribution is 0.122. The molecule has 3 aromatic heterocycles. The quantitative estimate of drug-likeness (QED) is 0.354. The van der Waals surface area contributed by atoms with E-state index in [1.165, 1.54) is 11.3 Å². The Morgan fingerprint density at radius 2 is 1.91 bits per heavy atom. The molecule has 0 saturated carbocycles. The highest BCUT2D eigenvalue weighted by Crippen LogP contribution is 2.35. The number of anilines is 3. The fraction of sp³-hybridized carbons (Fsp3) is 0.308. The van der Waals surface area contributed by atoms with Crippen molar-refractivity contribution in [3.05, 3.63) is 66.0 Å². The van der Waals surface area contributed by atoms with Gasteiger partial charge in [-0.2, -0.15) is 14.7 Å². The number of hydrogen-bond donors (Lipinski definition) is 1. The number of nitrogens with zero attached hydrogens (tertiary/aromatic N) is 7. The van der Waals surface area contributed by atoms with Gasteiger partial charge in [0.1, 0.15) is 5.82 Å². The minimum Gasteiger partial charge on any atom is -0.378 e. The van der Waals surface area contributed by atoms with Crippen molar-refractivity contribution < 1.29 is 4.74 Å². The van der Waals surface area contributed by atoms with Crippen LogP contribution in [-0.4, -0.2) is 65.7 Å². The minimum atomic E-state index is 0.557. The van der Waals surface area contributed by atoms with Crippen molar-refractivity contribution in [3.8, 4) is 11.3 Å². The summed E-state index contributed by atoms with van der Waals surface area (Å²) in [5.74, 6) is 2.19. The number of rotatable bonds is 5. The Bertz CT molecular complexity index is 1380. The summed E-state index contributed by atoms with van der Waals surface area (Å²) < 4.78 is 7.46. The molecule has 2 aliphatic rings. The molecule has 9 nitrogen and oxygen atoms in total. The van der Waals surface area contributed by atoms with Gasteiger partial charge in [-0.1, -0.05) is 19.1 Å². The normalized spacial score (nSPS) is 17.9.